The number of rotatable bonds is 6. The third-order valence-electron chi connectivity index (χ3n) is 5.06. The van der Waals surface area contributed by atoms with Crippen molar-refractivity contribution >= 4 is 28.9 Å². The Balaban J connectivity index is 1.25. The Hall–Kier alpha value is -2.81. The Morgan fingerprint density at radius 2 is 2.00 bits per heavy atom. The number of amides is 1. The van der Waals surface area contributed by atoms with E-state index < -0.39 is 24.3 Å². The molecule has 0 atom stereocenters. The Bertz CT molecular complexity index is 989. The number of nitrogens with zero attached hydrogens (tertiary/aromatic N) is 1. The molecule has 29 heavy (non-hydrogen) atoms. The quantitative estimate of drug-likeness (QED) is 0.725. The second-order valence-electron chi connectivity index (χ2n) is 7.24. The molecule has 1 aliphatic heterocycles. The highest BCUT2D eigenvalue weighted by molar-refractivity contribution is 7.07. The SMILES string of the molecule is Cc1csc(=O)n1CCC(=O)OCC(=O)Nc1ccc2c(c1)OC1(CCCC1)O2. The third kappa shape index (κ3) is 4.29. The summed E-state index contributed by atoms with van der Waals surface area (Å²) in [5.74, 6) is -0.250. The molecule has 4 rings (SSSR count). The molecule has 1 spiro atoms. The Labute approximate surface area is 171 Å². The molecule has 1 aromatic carbocycles. The van der Waals surface area contributed by atoms with Crippen LogP contribution < -0.4 is 19.7 Å². The molecule has 2 aromatic rings. The number of carbonyl (C=O) groups excluding carboxylic acids is 2. The number of hydrogen-bond donors (Lipinski definition) is 1. The van der Waals surface area contributed by atoms with Crippen molar-refractivity contribution < 1.29 is 23.8 Å². The number of fused-ring (bicyclic) bond motifs is 1. The number of thiazole rings is 1. The summed E-state index contributed by atoms with van der Waals surface area (Å²) in [6.45, 7) is 1.64. The fourth-order valence-corrected chi connectivity index (χ4v) is 4.34. The first kappa shape index (κ1) is 19.5. The molecule has 0 radical (unpaired) electrons. The second-order valence-corrected chi connectivity index (χ2v) is 8.06. The Morgan fingerprint density at radius 3 is 2.72 bits per heavy atom. The molecule has 154 valence electrons. The van der Waals surface area contributed by atoms with Crippen LogP contribution in [0, 0.1) is 6.92 Å². The lowest BCUT2D eigenvalue weighted by molar-refractivity contribution is -0.147. The minimum atomic E-state index is -0.552. The Kier molecular flexibility index (Phi) is 5.31. The van der Waals surface area contributed by atoms with Gasteiger partial charge in [-0.15, -0.1) is 0 Å². The molecule has 1 aromatic heterocycles. The van der Waals surface area contributed by atoms with Crippen molar-refractivity contribution in [2.45, 2.75) is 51.4 Å². The molecular formula is C20H22N2O6S. The monoisotopic (exact) mass is 418 g/mol. The third-order valence-corrected chi connectivity index (χ3v) is 5.95. The van der Waals surface area contributed by atoms with Crippen molar-refractivity contribution in [3.63, 3.8) is 0 Å². The summed E-state index contributed by atoms with van der Waals surface area (Å²) in [7, 11) is 0. The molecular weight excluding hydrogens is 396 g/mol. The minimum Gasteiger partial charge on any atom is -0.456 e. The van der Waals surface area contributed by atoms with Gasteiger partial charge in [0, 0.05) is 42.2 Å². The predicted octanol–water partition coefficient (Wildman–Crippen LogP) is 2.83. The van der Waals surface area contributed by atoms with Crippen LogP contribution in [0.4, 0.5) is 5.69 Å². The van der Waals surface area contributed by atoms with Gasteiger partial charge in [-0.25, -0.2) is 0 Å². The highest BCUT2D eigenvalue weighted by Crippen LogP contribution is 2.47. The van der Waals surface area contributed by atoms with E-state index in [1.807, 2.05) is 0 Å². The molecule has 1 aliphatic carbocycles. The highest BCUT2D eigenvalue weighted by Gasteiger charge is 2.44. The van der Waals surface area contributed by atoms with Crippen LogP contribution in [0.15, 0.2) is 28.4 Å². The van der Waals surface area contributed by atoms with Gasteiger partial charge in [0.2, 0.25) is 0 Å². The van der Waals surface area contributed by atoms with Crippen molar-refractivity contribution in [1.82, 2.24) is 4.57 Å². The lowest BCUT2D eigenvalue weighted by atomic mass is 10.2. The van der Waals surface area contributed by atoms with E-state index in [4.69, 9.17) is 14.2 Å². The maximum atomic E-state index is 12.1. The Morgan fingerprint density at radius 1 is 1.24 bits per heavy atom. The fraction of sp³-hybridized carbons (Fsp3) is 0.450. The average molecular weight is 418 g/mol. The van der Waals surface area contributed by atoms with E-state index in [1.165, 1.54) is 4.57 Å². The fourth-order valence-electron chi connectivity index (χ4n) is 3.58. The van der Waals surface area contributed by atoms with Crippen LogP contribution in [-0.4, -0.2) is 28.8 Å². The zero-order valence-electron chi connectivity index (χ0n) is 16.1. The summed E-state index contributed by atoms with van der Waals surface area (Å²) in [6.07, 6.45) is 3.89. The summed E-state index contributed by atoms with van der Waals surface area (Å²) < 4.78 is 18.4. The van der Waals surface area contributed by atoms with E-state index in [2.05, 4.69) is 5.32 Å². The zero-order chi connectivity index (χ0) is 20.4. The maximum Gasteiger partial charge on any atom is 0.308 e. The first-order valence-corrected chi connectivity index (χ1v) is 10.4. The van der Waals surface area contributed by atoms with Crippen molar-refractivity contribution in [2.75, 3.05) is 11.9 Å². The van der Waals surface area contributed by atoms with Gasteiger partial charge in [0.25, 0.3) is 11.7 Å². The second kappa shape index (κ2) is 7.90. The van der Waals surface area contributed by atoms with Crippen LogP contribution in [0.2, 0.25) is 0 Å². The number of aromatic nitrogens is 1. The topological polar surface area (TPSA) is 95.9 Å². The first-order chi connectivity index (χ1) is 13.9. The van der Waals surface area contributed by atoms with Crippen LogP contribution in [-0.2, 0) is 20.9 Å². The van der Waals surface area contributed by atoms with Crippen LogP contribution in [0.3, 0.4) is 0 Å². The number of anilines is 1. The predicted molar refractivity (Wildman–Crippen MR) is 106 cm³/mol. The normalized spacial score (nSPS) is 16.2. The highest BCUT2D eigenvalue weighted by atomic mass is 32.1. The van der Waals surface area contributed by atoms with E-state index in [-0.39, 0.29) is 17.8 Å². The van der Waals surface area contributed by atoms with Crippen LogP contribution >= 0.6 is 11.3 Å². The molecule has 0 bridgehead atoms. The van der Waals surface area contributed by atoms with Gasteiger partial charge in [-0.2, -0.15) is 0 Å². The number of carbonyl (C=O) groups is 2. The molecule has 9 heteroatoms. The minimum absolute atomic E-state index is 0.0247. The number of hydrogen-bond acceptors (Lipinski definition) is 7. The average Bonchev–Trinajstić information content (AvgIpc) is 3.38. The number of ether oxygens (including phenoxy) is 3. The van der Waals surface area contributed by atoms with Gasteiger partial charge in [-0.1, -0.05) is 11.3 Å². The van der Waals surface area contributed by atoms with Crippen molar-refractivity contribution in [2.24, 2.45) is 0 Å². The lowest BCUT2D eigenvalue weighted by Gasteiger charge is -2.21. The summed E-state index contributed by atoms with van der Waals surface area (Å²) in [5.41, 5.74) is 1.34. The van der Waals surface area contributed by atoms with Gasteiger partial charge in [-0.05, 0) is 31.9 Å². The summed E-state index contributed by atoms with van der Waals surface area (Å²) in [4.78, 5) is 35.5. The van der Waals surface area contributed by atoms with Gasteiger partial charge in [0.1, 0.15) is 0 Å². The molecule has 1 amide bonds. The van der Waals surface area contributed by atoms with Gasteiger partial charge >= 0.3 is 10.8 Å². The van der Waals surface area contributed by atoms with Gasteiger partial charge < -0.3 is 24.1 Å². The maximum absolute atomic E-state index is 12.1. The van der Waals surface area contributed by atoms with Crippen molar-refractivity contribution in [1.29, 1.82) is 0 Å². The van der Waals surface area contributed by atoms with Gasteiger partial charge in [0.15, 0.2) is 18.1 Å². The largest absolute Gasteiger partial charge is 0.456 e. The van der Waals surface area contributed by atoms with Crippen molar-refractivity contribution in [3.05, 3.63) is 38.9 Å². The molecule has 8 nitrogen and oxygen atoms in total. The number of nitrogens with one attached hydrogen (secondary N) is 1. The summed E-state index contributed by atoms with van der Waals surface area (Å²) >= 11 is 1.09. The molecule has 2 aliphatic rings. The number of benzene rings is 1. The van der Waals surface area contributed by atoms with Crippen LogP contribution in [0.25, 0.3) is 0 Å². The van der Waals surface area contributed by atoms with Gasteiger partial charge in [-0.3, -0.25) is 14.4 Å². The van der Waals surface area contributed by atoms with E-state index in [1.54, 1.807) is 30.5 Å². The van der Waals surface area contributed by atoms with E-state index in [0.29, 0.717) is 17.2 Å². The molecule has 1 saturated carbocycles. The number of esters is 1. The van der Waals surface area contributed by atoms with Crippen LogP contribution in [0.5, 0.6) is 11.5 Å². The smallest absolute Gasteiger partial charge is 0.308 e. The first-order valence-electron chi connectivity index (χ1n) is 9.57. The standard InChI is InChI=1S/C20H22N2O6S/c1-13-12-29-19(25)22(13)9-6-18(24)26-11-17(23)21-14-4-5-15-16(10-14)28-20(27-15)7-2-3-8-20/h4-5,10,12H,2-3,6-9,11H2,1H3,(H,21,23). The summed E-state index contributed by atoms with van der Waals surface area (Å²) in [6, 6.07) is 5.21. The van der Waals surface area contributed by atoms with E-state index in [0.717, 1.165) is 42.7 Å². The summed E-state index contributed by atoms with van der Waals surface area (Å²) in [5, 5.41) is 4.43. The van der Waals surface area contributed by atoms with Crippen molar-refractivity contribution in [3.8, 4) is 11.5 Å². The molecule has 0 unspecified atom stereocenters. The molecule has 0 saturated heterocycles. The zero-order valence-corrected chi connectivity index (χ0v) is 16.9. The van der Waals surface area contributed by atoms with Gasteiger partial charge in [0.05, 0.1) is 6.42 Å². The molecule has 1 N–H and O–H groups in total. The lowest BCUT2D eigenvalue weighted by Crippen LogP contribution is -2.34. The van der Waals surface area contributed by atoms with E-state index in [9.17, 15) is 14.4 Å². The molecule has 2 heterocycles. The molecule has 1 fully saturated rings. The van der Waals surface area contributed by atoms with Crippen LogP contribution in [0.1, 0.15) is 37.8 Å². The van der Waals surface area contributed by atoms with E-state index >= 15 is 0 Å². The number of aryl methyl sites for hydroxylation is 1.